The Morgan fingerprint density at radius 3 is 2.70 bits per heavy atom. The van der Waals surface area contributed by atoms with Crippen molar-refractivity contribution >= 4 is 33.7 Å². The summed E-state index contributed by atoms with van der Waals surface area (Å²) in [6, 6.07) is 0. The molecule has 1 rings (SSSR count). The van der Waals surface area contributed by atoms with Gasteiger partial charge >= 0.3 is 0 Å². The maximum atomic E-state index is 5.85. The Hall–Kier alpha value is 0.717. The van der Waals surface area contributed by atoms with Crippen LogP contribution >= 0.6 is 23.2 Å². The standard InChI is InChI=1S/C5H10Cl2O2Si/c6-5(7,3-9-10)1-4-2-8-4/h4H,1-3H2,10H3. The second-order valence-electron chi connectivity index (χ2n) is 2.45. The average molecular weight is 201 g/mol. The van der Waals surface area contributed by atoms with Crippen LogP contribution in [0.5, 0.6) is 0 Å². The molecule has 1 heterocycles. The number of halogens is 2. The first kappa shape index (κ1) is 8.81. The minimum atomic E-state index is -0.733. The maximum Gasteiger partial charge on any atom is 0.146 e. The van der Waals surface area contributed by atoms with Gasteiger partial charge in [0.2, 0.25) is 0 Å². The summed E-state index contributed by atoms with van der Waals surface area (Å²) in [6.07, 6.45) is 0.949. The Kier molecular flexibility index (Phi) is 3.00. The van der Waals surface area contributed by atoms with Gasteiger partial charge < -0.3 is 9.16 Å². The Morgan fingerprint density at radius 2 is 2.30 bits per heavy atom. The molecular weight excluding hydrogens is 191 g/mol. The Labute approximate surface area is 73.3 Å². The van der Waals surface area contributed by atoms with Crippen LogP contribution in [-0.2, 0) is 9.16 Å². The highest BCUT2D eigenvalue weighted by molar-refractivity contribution is 6.48. The van der Waals surface area contributed by atoms with Crippen LogP contribution in [0.2, 0.25) is 0 Å². The smallest absolute Gasteiger partial charge is 0.146 e. The van der Waals surface area contributed by atoms with Crippen molar-refractivity contribution in [2.24, 2.45) is 0 Å². The van der Waals surface area contributed by atoms with Gasteiger partial charge in [-0.3, -0.25) is 0 Å². The highest BCUT2D eigenvalue weighted by Crippen LogP contribution is 2.31. The molecule has 0 N–H and O–H groups in total. The maximum absolute atomic E-state index is 5.85. The summed E-state index contributed by atoms with van der Waals surface area (Å²) < 4.78 is 9.20. The molecule has 1 fully saturated rings. The van der Waals surface area contributed by atoms with Crippen LogP contribution in [0.25, 0.3) is 0 Å². The Morgan fingerprint density at radius 1 is 1.70 bits per heavy atom. The summed E-state index contributed by atoms with van der Waals surface area (Å²) in [7, 11) is 0.681. The van der Waals surface area contributed by atoms with Crippen molar-refractivity contribution in [3.8, 4) is 0 Å². The van der Waals surface area contributed by atoms with Crippen molar-refractivity contribution in [3.05, 3.63) is 0 Å². The van der Waals surface area contributed by atoms with Crippen molar-refractivity contribution < 1.29 is 9.16 Å². The molecule has 60 valence electrons. The van der Waals surface area contributed by atoms with Crippen molar-refractivity contribution in [1.29, 1.82) is 0 Å². The van der Waals surface area contributed by atoms with E-state index >= 15 is 0 Å². The third-order valence-electron chi connectivity index (χ3n) is 1.28. The van der Waals surface area contributed by atoms with E-state index in [-0.39, 0.29) is 6.10 Å². The predicted molar refractivity (Wildman–Crippen MR) is 44.7 cm³/mol. The number of ether oxygens (including phenoxy) is 1. The second kappa shape index (κ2) is 3.41. The molecule has 0 aromatic heterocycles. The average Bonchev–Trinajstić information content (AvgIpc) is 2.48. The van der Waals surface area contributed by atoms with E-state index in [9.17, 15) is 0 Å². The molecular formula is C5H10Cl2O2Si. The van der Waals surface area contributed by atoms with Gasteiger partial charge in [-0.05, 0) is 0 Å². The summed E-state index contributed by atoms with van der Waals surface area (Å²) in [5.74, 6) is 0. The zero-order valence-corrected chi connectivity index (χ0v) is 9.28. The zero-order chi connectivity index (χ0) is 7.61. The molecule has 0 spiro atoms. The van der Waals surface area contributed by atoms with Gasteiger partial charge in [0.1, 0.15) is 14.8 Å². The van der Waals surface area contributed by atoms with E-state index in [4.69, 9.17) is 32.4 Å². The van der Waals surface area contributed by atoms with Gasteiger partial charge in [0.15, 0.2) is 0 Å². The molecule has 0 saturated carbocycles. The Bertz CT molecular complexity index is 116. The summed E-state index contributed by atoms with van der Waals surface area (Å²) in [4.78, 5) is 0. The van der Waals surface area contributed by atoms with Gasteiger partial charge in [-0.15, -0.1) is 0 Å². The molecule has 2 nitrogen and oxygen atoms in total. The molecule has 1 unspecified atom stereocenters. The molecule has 5 heteroatoms. The predicted octanol–water partition coefficient (Wildman–Crippen LogP) is 0.246. The fraction of sp³-hybridized carbons (Fsp3) is 1.00. The van der Waals surface area contributed by atoms with E-state index in [2.05, 4.69) is 0 Å². The summed E-state index contributed by atoms with van der Waals surface area (Å²) in [5.41, 5.74) is 0. The van der Waals surface area contributed by atoms with Gasteiger partial charge in [0.25, 0.3) is 0 Å². The lowest BCUT2D eigenvalue weighted by molar-refractivity contribution is 0.304. The molecule has 0 aromatic rings. The monoisotopic (exact) mass is 200 g/mol. The van der Waals surface area contributed by atoms with Gasteiger partial charge in [0, 0.05) is 6.42 Å². The van der Waals surface area contributed by atoms with Gasteiger partial charge in [-0.1, -0.05) is 23.2 Å². The molecule has 1 aliphatic rings. The number of epoxide rings is 1. The van der Waals surface area contributed by atoms with Crippen molar-refractivity contribution in [3.63, 3.8) is 0 Å². The summed E-state index contributed by atoms with van der Waals surface area (Å²) >= 11 is 11.7. The lowest BCUT2D eigenvalue weighted by atomic mass is 10.2. The second-order valence-corrected chi connectivity index (χ2v) is 4.67. The largest absolute Gasteiger partial charge is 0.425 e. The van der Waals surface area contributed by atoms with Crippen LogP contribution in [0.1, 0.15) is 6.42 Å². The quantitative estimate of drug-likeness (QED) is 0.369. The molecule has 1 saturated heterocycles. The normalized spacial score (nSPS) is 25.2. The van der Waals surface area contributed by atoms with Crippen LogP contribution < -0.4 is 0 Å². The fourth-order valence-electron chi connectivity index (χ4n) is 0.789. The molecule has 0 amide bonds. The third kappa shape index (κ3) is 3.21. The van der Waals surface area contributed by atoms with E-state index in [0.717, 1.165) is 6.61 Å². The minimum absolute atomic E-state index is 0.270. The summed E-state index contributed by atoms with van der Waals surface area (Å²) in [5, 5.41) is 0. The summed E-state index contributed by atoms with van der Waals surface area (Å²) in [6.45, 7) is 1.21. The van der Waals surface area contributed by atoms with E-state index in [1.807, 2.05) is 0 Å². The van der Waals surface area contributed by atoms with Crippen LogP contribution in [0, 0.1) is 0 Å². The van der Waals surface area contributed by atoms with Gasteiger partial charge in [0.05, 0.1) is 19.3 Å². The minimum Gasteiger partial charge on any atom is -0.425 e. The molecule has 0 aromatic carbocycles. The van der Waals surface area contributed by atoms with E-state index in [0.29, 0.717) is 23.5 Å². The lowest BCUT2D eigenvalue weighted by Gasteiger charge is -2.16. The number of rotatable bonds is 4. The molecule has 0 radical (unpaired) electrons. The number of hydrogen-bond acceptors (Lipinski definition) is 2. The molecule has 0 aliphatic carbocycles. The van der Waals surface area contributed by atoms with Crippen molar-refractivity contribution in [2.45, 2.75) is 16.9 Å². The van der Waals surface area contributed by atoms with E-state index in [1.165, 1.54) is 0 Å². The number of alkyl halides is 2. The fourth-order valence-corrected chi connectivity index (χ4v) is 2.21. The van der Waals surface area contributed by atoms with Gasteiger partial charge in [-0.25, -0.2) is 0 Å². The number of hydrogen-bond donors (Lipinski definition) is 0. The van der Waals surface area contributed by atoms with Gasteiger partial charge in [-0.2, -0.15) is 0 Å². The van der Waals surface area contributed by atoms with Crippen molar-refractivity contribution in [2.75, 3.05) is 13.2 Å². The molecule has 0 bridgehead atoms. The third-order valence-corrected chi connectivity index (χ3v) is 2.10. The molecule has 10 heavy (non-hydrogen) atoms. The first-order valence-corrected chi connectivity index (χ1v) is 4.70. The zero-order valence-electron chi connectivity index (χ0n) is 5.77. The highest BCUT2D eigenvalue weighted by atomic mass is 35.5. The van der Waals surface area contributed by atoms with Crippen LogP contribution in [0.3, 0.4) is 0 Å². The first-order valence-electron chi connectivity index (χ1n) is 3.12. The van der Waals surface area contributed by atoms with Crippen molar-refractivity contribution in [1.82, 2.24) is 0 Å². The topological polar surface area (TPSA) is 21.8 Å². The molecule has 1 aliphatic heterocycles. The lowest BCUT2D eigenvalue weighted by Crippen LogP contribution is -2.22. The molecule has 1 atom stereocenters. The van der Waals surface area contributed by atoms with Crippen LogP contribution in [-0.4, -0.2) is 34.1 Å². The Balaban J connectivity index is 2.19. The van der Waals surface area contributed by atoms with E-state index in [1.54, 1.807) is 0 Å². The van der Waals surface area contributed by atoms with E-state index < -0.39 is 4.33 Å². The highest BCUT2D eigenvalue weighted by Gasteiger charge is 2.34. The van der Waals surface area contributed by atoms with Crippen LogP contribution in [0.4, 0.5) is 0 Å². The SMILES string of the molecule is [SiH3]OCC(Cl)(Cl)CC1CO1. The first-order chi connectivity index (χ1) is 4.64. The van der Waals surface area contributed by atoms with Crippen LogP contribution in [0.15, 0.2) is 0 Å².